The van der Waals surface area contributed by atoms with E-state index >= 15 is 0 Å². The molecule has 3 aromatic rings. The highest BCUT2D eigenvalue weighted by Crippen LogP contribution is 2.40. The third kappa shape index (κ3) is 12.2. The molecule has 0 heterocycles. The van der Waals surface area contributed by atoms with Crippen LogP contribution in [0.15, 0.2) is 96.1 Å². The molecule has 1 unspecified atom stereocenters. The highest BCUT2D eigenvalue weighted by atomic mass is 16.5. The minimum absolute atomic E-state index is 0.238. The van der Waals surface area contributed by atoms with Crippen LogP contribution in [0.3, 0.4) is 0 Å². The third-order valence-corrected chi connectivity index (χ3v) is 8.20. The fourth-order valence-corrected chi connectivity index (χ4v) is 5.80. The van der Waals surface area contributed by atoms with Crippen LogP contribution in [0.25, 0.3) is 10.4 Å². The molecule has 0 aromatic heterocycles. The highest BCUT2D eigenvalue weighted by Gasteiger charge is 2.38. The summed E-state index contributed by atoms with van der Waals surface area (Å²) in [5.41, 5.74) is 11.5. The van der Waals surface area contributed by atoms with Gasteiger partial charge < -0.3 is 9.47 Å². The Bertz CT molecular complexity index is 1040. The van der Waals surface area contributed by atoms with E-state index in [-0.39, 0.29) is 6.61 Å². The number of hydrogen-bond donors (Lipinski definition) is 0. The van der Waals surface area contributed by atoms with Gasteiger partial charge in [-0.25, -0.2) is 0 Å². The monoisotopic (exact) mass is 583 g/mol. The first-order chi connectivity index (χ1) is 21.3. The number of rotatable bonds is 24. The quantitative estimate of drug-likeness (QED) is 0.0346. The lowest BCUT2D eigenvalue weighted by Gasteiger charge is -2.36. The lowest BCUT2D eigenvalue weighted by Crippen LogP contribution is -2.36. The Labute approximate surface area is 260 Å². The van der Waals surface area contributed by atoms with E-state index in [2.05, 4.69) is 53.3 Å². The maximum absolute atomic E-state index is 9.30. The number of nitrogens with zero attached hydrogens (tertiary/aromatic N) is 3. The van der Waals surface area contributed by atoms with Gasteiger partial charge in [-0.1, -0.05) is 187 Å². The summed E-state index contributed by atoms with van der Waals surface area (Å²) in [7, 11) is 0. The van der Waals surface area contributed by atoms with Gasteiger partial charge in [-0.3, -0.25) is 0 Å². The molecular formula is C38H53N3O2. The molecule has 0 spiro atoms. The number of azide groups is 1. The molecule has 3 aromatic carbocycles. The Morgan fingerprint density at radius 1 is 0.581 bits per heavy atom. The van der Waals surface area contributed by atoms with Crippen LogP contribution < -0.4 is 0 Å². The van der Waals surface area contributed by atoms with Crippen molar-refractivity contribution < 1.29 is 9.47 Å². The van der Waals surface area contributed by atoms with E-state index in [0.29, 0.717) is 13.2 Å². The van der Waals surface area contributed by atoms with Crippen molar-refractivity contribution in [1.29, 1.82) is 0 Å². The average Bonchev–Trinajstić information content (AvgIpc) is 3.06. The van der Waals surface area contributed by atoms with Crippen LogP contribution in [0.4, 0.5) is 0 Å². The van der Waals surface area contributed by atoms with Crippen molar-refractivity contribution in [2.75, 3.05) is 19.8 Å². The minimum Gasteiger partial charge on any atom is -0.381 e. The van der Waals surface area contributed by atoms with Crippen LogP contribution in [-0.4, -0.2) is 25.9 Å². The van der Waals surface area contributed by atoms with Crippen molar-refractivity contribution in [1.82, 2.24) is 0 Å². The van der Waals surface area contributed by atoms with E-state index in [9.17, 15) is 5.53 Å². The second kappa shape index (κ2) is 21.6. The summed E-state index contributed by atoms with van der Waals surface area (Å²) >= 11 is 0. The topological polar surface area (TPSA) is 67.2 Å². The van der Waals surface area contributed by atoms with Gasteiger partial charge in [-0.15, -0.1) is 0 Å². The Balaban J connectivity index is 1.44. The van der Waals surface area contributed by atoms with Crippen LogP contribution in [-0.2, 0) is 15.1 Å². The minimum atomic E-state index is -0.846. The highest BCUT2D eigenvalue weighted by molar-refractivity contribution is 5.47. The van der Waals surface area contributed by atoms with E-state index in [1.807, 2.05) is 54.6 Å². The first-order valence-corrected chi connectivity index (χ1v) is 16.7. The van der Waals surface area contributed by atoms with Gasteiger partial charge in [0.25, 0.3) is 0 Å². The van der Waals surface area contributed by atoms with Crippen LogP contribution in [0.1, 0.15) is 114 Å². The van der Waals surface area contributed by atoms with Crippen LogP contribution >= 0.6 is 0 Å². The lowest BCUT2D eigenvalue weighted by atomic mass is 9.80. The second-order valence-corrected chi connectivity index (χ2v) is 11.6. The number of hydrogen-bond acceptors (Lipinski definition) is 3. The summed E-state index contributed by atoms with van der Waals surface area (Å²) in [4.78, 5) is 3.11. The molecule has 0 N–H and O–H groups in total. The second-order valence-electron chi connectivity index (χ2n) is 11.6. The standard InChI is InChI=1S/C38H53N3O2/c1-2-3-4-5-6-7-8-9-10-11-12-13-14-24-31-42-32-37(40-41-39)33-43-38(34-25-18-15-19-26-34,35-27-20-16-21-28-35)36-29-22-17-23-30-36/h15-23,25-30,37H,2-14,24,31-33H2,1H3. The zero-order chi connectivity index (χ0) is 30.3. The maximum Gasteiger partial charge on any atom is 0.143 e. The zero-order valence-corrected chi connectivity index (χ0v) is 26.4. The molecule has 0 aliphatic carbocycles. The third-order valence-electron chi connectivity index (χ3n) is 8.20. The number of benzene rings is 3. The number of unbranched alkanes of at least 4 members (excludes halogenated alkanes) is 13. The van der Waals surface area contributed by atoms with Crippen molar-refractivity contribution in [3.8, 4) is 0 Å². The molecule has 1 atom stereocenters. The molecule has 0 fully saturated rings. The van der Waals surface area contributed by atoms with Gasteiger partial charge in [-0.2, -0.15) is 0 Å². The van der Waals surface area contributed by atoms with Crippen LogP contribution in [0.5, 0.6) is 0 Å². The molecule has 5 heteroatoms. The molecule has 232 valence electrons. The predicted octanol–water partition coefficient (Wildman–Crippen LogP) is 11.2. The van der Waals surface area contributed by atoms with Gasteiger partial charge in [0.2, 0.25) is 0 Å². The Kier molecular flexibility index (Phi) is 17.2. The Morgan fingerprint density at radius 2 is 0.977 bits per heavy atom. The van der Waals surface area contributed by atoms with E-state index in [1.54, 1.807) is 0 Å². The summed E-state index contributed by atoms with van der Waals surface area (Å²) < 4.78 is 12.8. The normalized spacial score (nSPS) is 12.1. The van der Waals surface area contributed by atoms with Crippen molar-refractivity contribution >= 4 is 0 Å². The molecule has 0 amide bonds. The van der Waals surface area contributed by atoms with Gasteiger partial charge in [0.1, 0.15) is 5.60 Å². The fourth-order valence-electron chi connectivity index (χ4n) is 5.80. The van der Waals surface area contributed by atoms with E-state index in [0.717, 1.165) is 23.1 Å². The van der Waals surface area contributed by atoms with Gasteiger partial charge in [-0.05, 0) is 28.6 Å². The summed E-state index contributed by atoms with van der Waals surface area (Å²) in [6.07, 6.45) is 18.7. The van der Waals surface area contributed by atoms with Gasteiger partial charge in [0.15, 0.2) is 0 Å². The summed E-state index contributed by atoms with van der Waals surface area (Å²) in [5, 5.41) is 4.05. The molecule has 0 radical (unpaired) electrons. The van der Waals surface area contributed by atoms with E-state index in [4.69, 9.17) is 9.47 Å². The molecule has 0 aliphatic heterocycles. The van der Waals surface area contributed by atoms with Crippen molar-refractivity contribution in [3.05, 3.63) is 118 Å². The van der Waals surface area contributed by atoms with Crippen LogP contribution in [0.2, 0.25) is 0 Å². The summed E-state index contributed by atoms with van der Waals surface area (Å²) in [6, 6.07) is 30.4. The largest absolute Gasteiger partial charge is 0.381 e. The van der Waals surface area contributed by atoms with E-state index in [1.165, 1.54) is 83.5 Å². The molecule has 3 rings (SSSR count). The molecule has 0 bridgehead atoms. The molecule has 0 saturated carbocycles. The van der Waals surface area contributed by atoms with Gasteiger partial charge in [0, 0.05) is 11.5 Å². The first kappa shape index (κ1) is 34.4. The zero-order valence-electron chi connectivity index (χ0n) is 26.4. The Morgan fingerprint density at radius 3 is 1.37 bits per heavy atom. The summed E-state index contributed by atoms with van der Waals surface area (Å²) in [5.74, 6) is 0. The van der Waals surface area contributed by atoms with Gasteiger partial charge in [0.05, 0.1) is 19.3 Å². The molecule has 43 heavy (non-hydrogen) atoms. The average molecular weight is 584 g/mol. The molecule has 0 saturated heterocycles. The SMILES string of the molecule is CCCCCCCCCCCCCCCCOCC(COC(c1ccccc1)(c1ccccc1)c1ccccc1)N=[N+]=[N-]. The fraction of sp³-hybridized carbons (Fsp3) is 0.526. The lowest BCUT2D eigenvalue weighted by molar-refractivity contribution is -0.00971. The smallest absolute Gasteiger partial charge is 0.143 e. The van der Waals surface area contributed by atoms with Crippen molar-refractivity contribution in [2.24, 2.45) is 5.11 Å². The van der Waals surface area contributed by atoms with Crippen molar-refractivity contribution in [2.45, 2.75) is 108 Å². The summed E-state index contributed by atoms with van der Waals surface area (Å²) in [6.45, 7) is 3.54. The molecule has 0 aliphatic rings. The first-order valence-electron chi connectivity index (χ1n) is 16.7. The molecular weight excluding hydrogens is 530 g/mol. The molecule has 5 nitrogen and oxygen atoms in total. The predicted molar refractivity (Wildman–Crippen MR) is 179 cm³/mol. The number of ether oxygens (including phenoxy) is 2. The maximum atomic E-state index is 9.30. The Hall–Kier alpha value is -3.11. The van der Waals surface area contributed by atoms with Crippen LogP contribution in [0, 0.1) is 0 Å². The van der Waals surface area contributed by atoms with Gasteiger partial charge >= 0.3 is 0 Å². The van der Waals surface area contributed by atoms with E-state index < -0.39 is 11.6 Å². The van der Waals surface area contributed by atoms with Crippen molar-refractivity contribution in [3.63, 3.8) is 0 Å².